The molecule has 5 heteroatoms. The zero-order valence-corrected chi connectivity index (χ0v) is 16.9. The molecule has 0 spiro atoms. The Morgan fingerprint density at radius 3 is 2.37 bits per heavy atom. The van der Waals surface area contributed by atoms with E-state index in [0.29, 0.717) is 16.3 Å². The molecule has 1 aliphatic rings. The third-order valence-corrected chi connectivity index (χ3v) is 5.44. The Balaban J connectivity index is 1.59. The van der Waals surface area contributed by atoms with Gasteiger partial charge in [-0.1, -0.05) is 78.3 Å². The average Bonchev–Trinajstić information content (AvgIpc) is 2.96. The monoisotopic (exact) mass is 417 g/mol. The van der Waals surface area contributed by atoms with Crippen LogP contribution in [0.2, 0.25) is 5.02 Å². The first-order valence-electron chi connectivity index (χ1n) is 9.62. The van der Waals surface area contributed by atoms with E-state index < -0.39 is 11.5 Å². The van der Waals surface area contributed by atoms with Gasteiger partial charge in [-0.2, -0.15) is 0 Å². The van der Waals surface area contributed by atoms with Crippen molar-refractivity contribution in [3.05, 3.63) is 107 Å². The fraction of sp³-hybridized carbons (Fsp3) is 0.120. The van der Waals surface area contributed by atoms with Crippen molar-refractivity contribution in [2.24, 2.45) is 0 Å². The Morgan fingerprint density at radius 1 is 0.967 bits per heavy atom. The summed E-state index contributed by atoms with van der Waals surface area (Å²) >= 11 is 5.95. The van der Waals surface area contributed by atoms with Gasteiger partial charge >= 0.3 is 0 Å². The molecule has 0 aromatic heterocycles. The molecule has 3 aromatic rings. The van der Waals surface area contributed by atoms with Crippen molar-refractivity contribution in [3.63, 3.8) is 0 Å². The molecule has 30 heavy (non-hydrogen) atoms. The molecular formula is C25H20ClNO3. The summed E-state index contributed by atoms with van der Waals surface area (Å²) in [6, 6.07) is 23.6. The van der Waals surface area contributed by atoms with Crippen molar-refractivity contribution in [1.29, 1.82) is 0 Å². The van der Waals surface area contributed by atoms with E-state index >= 15 is 0 Å². The Hall–Kier alpha value is -3.21. The smallest absolute Gasteiger partial charge is 0.264 e. The van der Waals surface area contributed by atoms with Crippen LogP contribution in [0.15, 0.2) is 84.9 Å². The van der Waals surface area contributed by atoms with Crippen LogP contribution in [0, 0.1) is 0 Å². The van der Waals surface area contributed by atoms with Gasteiger partial charge in [0.05, 0.1) is 18.7 Å². The van der Waals surface area contributed by atoms with Crippen LogP contribution >= 0.6 is 11.6 Å². The van der Waals surface area contributed by atoms with Crippen LogP contribution in [0.5, 0.6) is 0 Å². The summed E-state index contributed by atoms with van der Waals surface area (Å²) < 4.78 is 0. The van der Waals surface area contributed by atoms with E-state index in [2.05, 4.69) is 0 Å². The van der Waals surface area contributed by atoms with Crippen molar-refractivity contribution < 1.29 is 14.7 Å². The third-order valence-electron chi connectivity index (χ3n) is 5.18. The van der Waals surface area contributed by atoms with E-state index in [9.17, 15) is 14.7 Å². The maximum Gasteiger partial charge on any atom is 0.264 e. The van der Waals surface area contributed by atoms with Crippen molar-refractivity contribution in [2.75, 3.05) is 4.90 Å². The highest BCUT2D eigenvalue weighted by Gasteiger charge is 2.50. The number of ketones is 1. The summed E-state index contributed by atoms with van der Waals surface area (Å²) in [4.78, 5) is 27.4. The fourth-order valence-corrected chi connectivity index (χ4v) is 3.80. The maximum atomic E-state index is 13.2. The largest absolute Gasteiger partial charge is 0.375 e. The number of nitrogens with zero attached hydrogens (tertiary/aromatic N) is 1. The van der Waals surface area contributed by atoms with E-state index in [-0.39, 0.29) is 18.7 Å². The Morgan fingerprint density at radius 2 is 1.63 bits per heavy atom. The summed E-state index contributed by atoms with van der Waals surface area (Å²) in [5, 5.41) is 11.9. The number of hydrogen-bond acceptors (Lipinski definition) is 3. The number of carbonyl (C=O) groups is 2. The predicted octanol–water partition coefficient (Wildman–Crippen LogP) is 4.75. The van der Waals surface area contributed by atoms with E-state index in [0.717, 1.165) is 11.1 Å². The van der Waals surface area contributed by atoms with Crippen molar-refractivity contribution in [1.82, 2.24) is 0 Å². The van der Waals surface area contributed by atoms with Gasteiger partial charge in [-0.3, -0.25) is 9.59 Å². The number of benzene rings is 3. The van der Waals surface area contributed by atoms with Crippen LogP contribution in [0.3, 0.4) is 0 Å². The number of fused-ring (bicyclic) bond motifs is 1. The number of hydrogen-bond donors (Lipinski definition) is 1. The standard InChI is InChI=1S/C25H20ClNO3/c26-20-13-10-19(11-14-20)17-27-23-9-5-4-8-22(23)25(30,24(27)29)16-21(28)15-12-18-6-2-1-3-7-18/h1-15,30H,16-17H2/b15-12+. The molecule has 0 fully saturated rings. The van der Waals surface area contributed by atoms with E-state index in [4.69, 9.17) is 11.6 Å². The molecule has 1 heterocycles. The summed E-state index contributed by atoms with van der Waals surface area (Å²) in [5.74, 6) is -0.821. The molecule has 3 aromatic carbocycles. The summed E-state index contributed by atoms with van der Waals surface area (Å²) in [7, 11) is 0. The van der Waals surface area contributed by atoms with Gasteiger partial charge in [-0.05, 0) is 35.4 Å². The lowest BCUT2D eigenvalue weighted by atomic mass is 9.89. The SMILES string of the molecule is O=C(/C=C/c1ccccc1)CC1(O)C(=O)N(Cc2ccc(Cl)cc2)c2ccccc21. The van der Waals surface area contributed by atoms with Gasteiger partial charge in [0, 0.05) is 10.6 Å². The van der Waals surface area contributed by atoms with Crippen molar-refractivity contribution >= 4 is 35.1 Å². The normalized spacial score (nSPS) is 18.1. The topological polar surface area (TPSA) is 57.6 Å². The van der Waals surface area contributed by atoms with Gasteiger partial charge in [-0.25, -0.2) is 0 Å². The highest BCUT2D eigenvalue weighted by Crippen LogP contribution is 2.43. The fourth-order valence-electron chi connectivity index (χ4n) is 3.67. The first-order chi connectivity index (χ1) is 14.5. The molecule has 1 aliphatic heterocycles. The van der Waals surface area contributed by atoms with Crippen LogP contribution in [-0.2, 0) is 21.7 Å². The number of aliphatic hydroxyl groups is 1. The predicted molar refractivity (Wildman–Crippen MR) is 118 cm³/mol. The highest BCUT2D eigenvalue weighted by molar-refractivity contribution is 6.30. The van der Waals surface area contributed by atoms with Crippen LogP contribution in [0.1, 0.15) is 23.1 Å². The van der Waals surface area contributed by atoms with Gasteiger partial charge in [-0.15, -0.1) is 0 Å². The van der Waals surface area contributed by atoms with Crippen molar-refractivity contribution in [3.8, 4) is 0 Å². The summed E-state index contributed by atoms with van der Waals surface area (Å²) in [6.07, 6.45) is 2.77. The second kappa shape index (κ2) is 8.27. The lowest BCUT2D eigenvalue weighted by Gasteiger charge is -2.22. The van der Waals surface area contributed by atoms with Crippen LogP contribution < -0.4 is 4.90 Å². The Labute approximate surface area is 180 Å². The van der Waals surface area contributed by atoms with Crippen LogP contribution in [0.25, 0.3) is 6.08 Å². The third kappa shape index (κ3) is 3.92. The van der Waals surface area contributed by atoms with Crippen molar-refractivity contribution in [2.45, 2.75) is 18.6 Å². The minimum absolute atomic E-state index is 0.281. The molecule has 1 unspecified atom stereocenters. The van der Waals surface area contributed by atoms with E-state index in [1.807, 2.05) is 48.5 Å². The second-order valence-electron chi connectivity index (χ2n) is 7.28. The van der Waals surface area contributed by atoms with Crippen LogP contribution in [-0.4, -0.2) is 16.8 Å². The number of halogens is 1. The molecule has 1 N–H and O–H groups in total. The first-order valence-corrected chi connectivity index (χ1v) is 9.99. The minimum atomic E-state index is -1.89. The molecule has 0 saturated heterocycles. The molecule has 1 atom stereocenters. The number of allylic oxidation sites excluding steroid dienone is 1. The van der Waals surface area contributed by atoms with E-state index in [1.54, 1.807) is 36.4 Å². The average molecular weight is 418 g/mol. The van der Waals surface area contributed by atoms with Gasteiger partial charge in [0.2, 0.25) is 0 Å². The molecule has 4 rings (SSSR count). The molecule has 4 nitrogen and oxygen atoms in total. The molecule has 1 amide bonds. The van der Waals surface area contributed by atoms with Crippen LogP contribution in [0.4, 0.5) is 5.69 Å². The summed E-state index contributed by atoms with van der Waals surface area (Å²) in [5.41, 5.74) is 0.925. The molecule has 0 aliphatic carbocycles. The number of amides is 1. The van der Waals surface area contributed by atoms with Gasteiger partial charge < -0.3 is 10.0 Å². The minimum Gasteiger partial charge on any atom is -0.375 e. The lowest BCUT2D eigenvalue weighted by molar-refractivity contribution is -0.140. The second-order valence-corrected chi connectivity index (χ2v) is 7.72. The zero-order valence-electron chi connectivity index (χ0n) is 16.2. The number of carbonyl (C=O) groups excluding carboxylic acids is 2. The zero-order chi connectivity index (χ0) is 21.1. The van der Waals surface area contributed by atoms with Gasteiger partial charge in [0.25, 0.3) is 5.91 Å². The Kier molecular flexibility index (Phi) is 5.53. The maximum absolute atomic E-state index is 13.2. The molecular weight excluding hydrogens is 398 g/mol. The Bertz CT molecular complexity index is 1110. The van der Waals surface area contributed by atoms with Gasteiger partial charge in [0.1, 0.15) is 0 Å². The molecule has 0 saturated carbocycles. The summed E-state index contributed by atoms with van der Waals surface area (Å²) in [6.45, 7) is 0.281. The number of anilines is 1. The molecule has 0 radical (unpaired) electrons. The van der Waals surface area contributed by atoms with Gasteiger partial charge in [0.15, 0.2) is 11.4 Å². The number of rotatable bonds is 6. The van der Waals surface area contributed by atoms with E-state index in [1.165, 1.54) is 11.0 Å². The first kappa shape index (κ1) is 20.1. The molecule has 0 bridgehead atoms. The molecule has 150 valence electrons. The quantitative estimate of drug-likeness (QED) is 0.589. The highest BCUT2D eigenvalue weighted by atomic mass is 35.5. The lowest BCUT2D eigenvalue weighted by Crippen LogP contribution is -2.41. The number of para-hydroxylation sites is 1.